The molecule has 2 aromatic rings. The van der Waals surface area contributed by atoms with Crippen molar-refractivity contribution in [1.29, 1.82) is 0 Å². The number of aromatic nitrogens is 1. The van der Waals surface area contributed by atoms with Gasteiger partial charge in [0.05, 0.1) is 10.7 Å². The van der Waals surface area contributed by atoms with E-state index in [1.165, 1.54) is 12.1 Å². The van der Waals surface area contributed by atoms with Crippen LogP contribution in [0, 0.1) is 5.82 Å². The Labute approximate surface area is 121 Å². The summed E-state index contributed by atoms with van der Waals surface area (Å²) in [5.41, 5.74) is 1.58. The molecule has 0 saturated carbocycles. The van der Waals surface area contributed by atoms with Crippen molar-refractivity contribution in [2.45, 2.75) is 32.8 Å². The molecule has 0 atom stereocenters. The minimum absolute atomic E-state index is 0.207. The maximum atomic E-state index is 13.0. The largest absolute Gasteiger partial charge is 0.459 e. The highest BCUT2D eigenvalue weighted by molar-refractivity contribution is 7.09. The average Bonchev–Trinajstić information content (AvgIpc) is 2.91. The fraction of sp³-hybridized carbons (Fsp3) is 0.333. The molecule has 0 fully saturated rings. The van der Waals surface area contributed by atoms with Crippen LogP contribution in [-0.2, 0) is 29.0 Å². The van der Waals surface area contributed by atoms with Crippen molar-refractivity contribution < 1.29 is 13.9 Å². The van der Waals surface area contributed by atoms with Gasteiger partial charge in [-0.15, -0.1) is 11.3 Å². The zero-order valence-electron chi connectivity index (χ0n) is 11.3. The van der Waals surface area contributed by atoms with E-state index in [0.717, 1.165) is 22.7 Å². The third-order valence-electron chi connectivity index (χ3n) is 2.79. The van der Waals surface area contributed by atoms with E-state index in [1.807, 2.05) is 12.3 Å². The lowest BCUT2D eigenvalue weighted by atomic mass is 10.1. The van der Waals surface area contributed by atoms with Crippen LogP contribution in [0.1, 0.15) is 29.6 Å². The van der Waals surface area contributed by atoms with E-state index in [2.05, 4.69) is 4.98 Å². The van der Waals surface area contributed by atoms with Crippen LogP contribution in [0.15, 0.2) is 29.6 Å². The van der Waals surface area contributed by atoms with Crippen LogP contribution in [-0.4, -0.2) is 11.0 Å². The first kappa shape index (κ1) is 14.7. The Kier molecular flexibility index (Phi) is 5.24. The SMILES string of the molecule is CCc1nc(COC(=O)CCc2cccc(F)c2)cs1. The molecule has 5 heteroatoms. The van der Waals surface area contributed by atoms with E-state index < -0.39 is 0 Å². The normalized spacial score (nSPS) is 10.5. The number of aryl methyl sites for hydroxylation is 2. The lowest BCUT2D eigenvalue weighted by Gasteiger charge is -2.03. The summed E-state index contributed by atoms with van der Waals surface area (Å²) in [4.78, 5) is 15.9. The van der Waals surface area contributed by atoms with Crippen molar-refractivity contribution in [1.82, 2.24) is 4.98 Å². The number of carbonyl (C=O) groups is 1. The second-order valence-corrected chi connectivity index (χ2v) is 5.32. The van der Waals surface area contributed by atoms with Gasteiger partial charge in [-0.1, -0.05) is 19.1 Å². The van der Waals surface area contributed by atoms with Crippen LogP contribution < -0.4 is 0 Å². The first-order valence-electron chi connectivity index (χ1n) is 6.50. The minimum Gasteiger partial charge on any atom is -0.459 e. The van der Waals surface area contributed by atoms with Crippen LogP contribution in [0.4, 0.5) is 4.39 Å². The molecule has 3 nitrogen and oxygen atoms in total. The zero-order valence-corrected chi connectivity index (χ0v) is 12.1. The van der Waals surface area contributed by atoms with E-state index >= 15 is 0 Å². The van der Waals surface area contributed by atoms with Crippen LogP contribution in [0.5, 0.6) is 0 Å². The Balaban J connectivity index is 1.75. The Bertz CT molecular complexity index is 583. The Morgan fingerprint density at radius 3 is 3.00 bits per heavy atom. The van der Waals surface area contributed by atoms with Crippen LogP contribution in [0.2, 0.25) is 0 Å². The summed E-state index contributed by atoms with van der Waals surface area (Å²) in [7, 11) is 0. The highest BCUT2D eigenvalue weighted by atomic mass is 32.1. The molecule has 0 unspecified atom stereocenters. The van der Waals surface area contributed by atoms with E-state index in [9.17, 15) is 9.18 Å². The third-order valence-corrected chi connectivity index (χ3v) is 3.83. The Hall–Kier alpha value is -1.75. The molecule has 0 aliphatic carbocycles. The number of carbonyl (C=O) groups excluding carboxylic acids is 1. The molecule has 20 heavy (non-hydrogen) atoms. The first-order valence-corrected chi connectivity index (χ1v) is 7.38. The maximum absolute atomic E-state index is 13.0. The molecule has 0 radical (unpaired) electrons. The molecular formula is C15H16FNO2S. The average molecular weight is 293 g/mol. The van der Waals surface area contributed by atoms with Gasteiger partial charge in [-0.3, -0.25) is 4.79 Å². The topological polar surface area (TPSA) is 39.2 Å². The van der Waals surface area contributed by atoms with Crippen LogP contribution >= 0.6 is 11.3 Å². The molecule has 0 spiro atoms. The molecule has 2 rings (SSSR count). The summed E-state index contributed by atoms with van der Waals surface area (Å²) in [6.45, 7) is 2.24. The lowest BCUT2D eigenvalue weighted by molar-refractivity contribution is -0.145. The summed E-state index contributed by atoms with van der Waals surface area (Å²) >= 11 is 1.57. The van der Waals surface area contributed by atoms with Crippen molar-refractivity contribution in [3.63, 3.8) is 0 Å². The summed E-state index contributed by atoms with van der Waals surface area (Å²) in [5, 5.41) is 2.94. The minimum atomic E-state index is -0.291. The number of rotatable bonds is 6. The van der Waals surface area contributed by atoms with Gasteiger partial charge in [-0.2, -0.15) is 0 Å². The van der Waals surface area contributed by atoms with Gasteiger partial charge < -0.3 is 4.74 Å². The van der Waals surface area contributed by atoms with Gasteiger partial charge in [0, 0.05) is 11.8 Å². The number of halogens is 1. The second-order valence-electron chi connectivity index (χ2n) is 4.38. The van der Waals surface area contributed by atoms with Crippen molar-refractivity contribution in [3.8, 4) is 0 Å². The number of benzene rings is 1. The molecule has 0 saturated heterocycles. The molecule has 0 bridgehead atoms. The molecule has 1 aromatic carbocycles. The summed E-state index contributed by atoms with van der Waals surface area (Å²) in [5.74, 6) is -0.578. The van der Waals surface area contributed by atoms with Crippen molar-refractivity contribution in [3.05, 3.63) is 51.7 Å². The summed E-state index contributed by atoms with van der Waals surface area (Å²) in [6.07, 6.45) is 1.61. The van der Waals surface area contributed by atoms with Crippen molar-refractivity contribution in [2.75, 3.05) is 0 Å². The lowest BCUT2D eigenvalue weighted by Crippen LogP contribution is -2.06. The molecule has 0 N–H and O–H groups in total. The molecule has 1 aromatic heterocycles. The summed E-state index contributed by atoms with van der Waals surface area (Å²) < 4.78 is 18.1. The predicted molar refractivity (Wildman–Crippen MR) is 76.0 cm³/mol. The molecule has 0 aliphatic heterocycles. The predicted octanol–water partition coefficient (Wildman–Crippen LogP) is 3.52. The first-order chi connectivity index (χ1) is 9.67. The van der Waals surface area contributed by atoms with E-state index in [1.54, 1.807) is 23.5 Å². The van der Waals surface area contributed by atoms with Gasteiger partial charge in [0.15, 0.2) is 0 Å². The summed E-state index contributed by atoms with van der Waals surface area (Å²) in [6, 6.07) is 6.25. The second kappa shape index (κ2) is 7.14. The standard InChI is InChI=1S/C15H16FNO2S/c1-2-14-17-13(10-20-14)9-19-15(18)7-6-11-4-3-5-12(16)8-11/h3-5,8,10H,2,6-7,9H2,1H3. The van der Waals surface area contributed by atoms with E-state index in [-0.39, 0.29) is 24.8 Å². The molecule has 0 aliphatic rings. The highest BCUT2D eigenvalue weighted by Crippen LogP contribution is 2.12. The molecule has 106 valence electrons. The number of ether oxygens (including phenoxy) is 1. The fourth-order valence-corrected chi connectivity index (χ4v) is 2.47. The number of esters is 1. The van der Waals surface area contributed by atoms with E-state index in [0.29, 0.717) is 6.42 Å². The van der Waals surface area contributed by atoms with Gasteiger partial charge in [-0.05, 0) is 30.5 Å². The number of nitrogens with zero attached hydrogens (tertiary/aromatic N) is 1. The Morgan fingerprint density at radius 2 is 2.30 bits per heavy atom. The molecular weight excluding hydrogens is 277 g/mol. The highest BCUT2D eigenvalue weighted by Gasteiger charge is 2.07. The van der Waals surface area contributed by atoms with Gasteiger partial charge in [0.2, 0.25) is 0 Å². The van der Waals surface area contributed by atoms with Crippen molar-refractivity contribution >= 4 is 17.3 Å². The fourth-order valence-electron chi connectivity index (χ4n) is 1.74. The van der Waals surface area contributed by atoms with Gasteiger partial charge in [-0.25, -0.2) is 9.37 Å². The third kappa shape index (κ3) is 4.42. The quantitative estimate of drug-likeness (QED) is 0.765. The van der Waals surface area contributed by atoms with E-state index in [4.69, 9.17) is 4.74 Å². The maximum Gasteiger partial charge on any atom is 0.306 e. The van der Waals surface area contributed by atoms with Gasteiger partial charge in [0.1, 0.15) is 12.4 Å². The van der Waals surface area contributed by atoms with Gasteiger partial charge >= 0.3 is 5.97 Å². The smallest absolute Gasteiger partial charge is 0.306 e. The molecule has 0 amide bonds. The number of thiazole rings is 1. The number of hydrogen-bond donors (Lipinski definition) is 0. The van der Waals surface area contributed by atoms with Crippen LogP contribution in [0.3, 0.4) is 0 Å². The van der Waals surface area contributed by atoms with Crippen LogP contribution in [0.25, 0.3) is 0 Å². The number of hydrogen-bond acceptors (Lipinski definition) is 4. The zero-order chi connectivity index (χ0) is 14.4. The Morgan fingerprint density at radius 1 is 1.45 bits per heavy atom. The van der Waals surface area contributed by atoms with Crippen molar-refractivity contribution in [2.24, 2.45) is 0 Å². The van der Waals surface area contributed by atoms with Gasteiger partial charge in [0.25, 0.3) is 0 Å². The molecule has 1 heterocycles. The monoisotopic (exact) mass is 293 g/mol.